The second-order valence-corrected chi connectivity index (χ2v) is 2.11. The molecule has 0 unspecified atom stereocenters. The highest BCUT2D eigenvalue weighted by Crippen LogP contribution is 1.89. The molecule has 3 nitrogen and oxygen atoms in total. The van der Waals surface area contributed by atoms with Crippen molar-refractivity contribution < 1.29 is 9.90 Å². The lowest BCUT2D eigenvalue weighted by Gasteiger charge is -2.14. The molecule has 0 aromatic rings. The van der Waals surface area contributed by atoms with E-state index in [1.165, 1.54) is 0 Å². The minimum absolute atomic E-state index is 0.833. The molecule has 0 amide bonds. The summed E-state index contributed by atoms with van der Waals surface area (Å²) in [4.78, 5) is 10.0. The Hall–Kier alpha value is -0.640. The molecule has 2 N–H and O–H groups in total. The number of hydrogen-bond acceptors (Lipinski definition) is 2. The van der Waals surface area contributed by atoms with Gasteiger partial charge in [0.15, 0.2) is 0 Å². The zero-order valence-electron chi connectivity index (χ0n) is 5.18. The van der Waals surface area contributed by atoms with Crippen LogP contribution in [0.25, 0.3) is 0 Å². The largest absolute Gasteiger partial charge is 0.481 e. The molecule has 0 atom stereocenters. The molecule has 9 heavy (non-hydrogen) atoms. The molecule has 4 heteroatoms. The highest BCUT2D eigenvalue weighted by Gasteiger charge is 2.02. The van der Waals surface area contributed by atoms with Crippen molar-refractivity contribution in [2.45, 2.75) is 13.3 Å². The smallest absolute Gasteiger partial charge is 0.300 e. The number of carbonyl (C=O) groups is 1. The van der Waals surface area contributed by atoms with E-state index in [2.05, 4.69) is 17.5 Å². The predicted octanol–water partition coefficient (Wildman–Crippen LogP) is 0.398. The quantitative estimate of drug-likeness (QED) is 0.487. The molecule has 1 fully saturated rings. The second kappa shape index (κ2) is 4.26. The molecule has 52 valence electrons. The summed E-state index contributed by atoms with van der Waals surface area (Å²) >= 11 is 4.67. The van der Waals surface area contributed by atoms with Gasteiger partial charge in [-0.1, -0.05) is 12.2 Å². The van der Waals surface area contributed by atoms with Gasteiger partial charge < -0.3 is 10.4 Å². The molecular weight excluding hydrogens is 138 g/mol. The molecule has 0 aromatic heterocycles. The Morgan fingerprint density at radius 2 is 2.11 bits per heavy atom. The van der Waals surface area contributed by atoms with Gasteiger partial charge in [-0.3, -0.25) is 4.79 Å². The van der Waals surface area contributed by atoms with Gasteiger partial charge in [0.25, 0.3) is 5.97 Å². The normalized spacial score (nSPS) is 14.1. The summed E-state index contributed by atoms with van der Waals surface area (Å²) in [7, 11) is 0. The predicted molar refractivity (Wildman–Crippen MR) is 38.5 cm³/mol. The van der Waals surface area contributed by atoms with Crippen LogP contribution in [-0.2, 0) is 4.79 Å². The second-order valence-electron chi connectivity index (χ2n) is 1.62. The standard InChI is InChI=1S/C3H5NS.C2H4O2/c5-3-1-2-4-3;1-2(3)4/h1-2H2,(H,4,5);1H3,(H,3,4). The first-order valence-corrected chi connectivity index (χ1v) is 3.00. The maximum absolute atomic E-state index is 9.00. The third-order valence-corrected chi connectivity index (χ3v) is 1.02. The summed E-state index contributed by atoms with van der Waals surface area (Å²) in [5, 5.41) is 10.4. The average molecular weight is 147 g/mol. The van der Waals surface area contributed by atoms with Crippen LogP contribution in [0.1, 0.15) is 13.3 Å². The topological polar surface area (TPSA) is 49.3 Å². The summed E-state index contributed by atoms with van der Waals surface area (Å²) in [5.74, 6) is -0.833. The van der Waals surface area contributed by atoms with Crippen LogP contribution in [0.5, 0.6) is 0 Å². The van der Waals surface area contributed by atoms with Gasteiger partial charge in [-0.25, -0.2) is 0 Å². The molecule has 0 bridgehead atoms. The zero-order valence-corrected chi connectivity index (χ0v) is 5.99. The molecule has 1 rings (SSSR count). The van der Waals surface area contributed by atoms with E-state index in [0.717, 1.165) is 24.9 Å². The van der Waals surface area contributed by atoms with E-state index < -0.39 is 5.97 Å². The fourth-order valence-corrected chi connectivity index (χ4v) is 0.431. The van der Waals surface area contributed by atoms with Gasteiger partial charge in [-0.15, -0.1) is 0 Å². The fourth-order valence-electron chi connectivity index (χ4n) is 0.227. The van der Waals surface area contributed by atoms with Crippen molar-refractivity contribution in [3.05, 3.63) is 0 Å². The van der Waals surface area contributed by atoms with Crippen LogP contribution < -0.4 is 5.32 Å². The summed E-state index contributed by atoms with van der Waals surface area (Å²) in [6.07, 6.45) is 1.11. The van der Waals surface area contributed by atoms with Gasteiger partial charge in [0.05, 0.1) is 4.99 Å². The van der Waals surface area contributed by atoms with E-state index in [4.69, 9.17) is 9.90 Å². The van der Waals surface area contributed by atoms with Gasteiger partial charge in [0, 0.05) is 19.9 Å². The number of hydrogen-bond donors (Lipinski definition) is 2. The molecule has 0 aromatic carbocycles. The fraction of sp³-hybridized carbons (Fsp3) is 0.600. The Kier molecular flexibility index (Phi) is 3.96. The minimum atomic E-state index is -0.833. The highest BCUT2D eigenvalue weighted by molar-refractivity contribution is 7.80. The van der Waals surface area contributed by atoms with Crippen molar-refractivity contribution in [2.75, 3.05) is 6.54 Å². The number of thiocarbonyl (C=S) groups is 1. The SMILES string of the molecule is CC(=O)O.S=C1CCN1. The molecule has 1 aliphatic heterocycles. The van der Waals surface area contributed by atoms with Gasteiger partial charge >= 0.3 is 0 Å². The van der Waals surface area contributed by atoms with Gasteiger partial charge in [0.1, 0.15) is 0 Å². The number of rotatable bonds is 0. The van der Waals surface area contributed by atoms with E-state index in [0.29, 0.717) is 0 Å². The van der Waals surface area contributed by atoms with Gasteiger partial charge in [0.2, 0.25) is 0 Å². The molecule has 1 heterocycles. The van der Waals surface area contributed by atoms with E-state index in [1.54, 1.807) is 0 Å². The van der Waals surface area contributed by atoms with E-state index in [1.807, 2.05) is 0 Å². The average Bonchev–Trinajstić information content (AvgIpc) is 1.59. The first-order valence-electron chi connectivity index (χ1n) is 2.59. The Morgan fingerprint density at radius 1 is 1.89 bits per heavy atom. The summed E-state index contributed by atoms with van der Waals surface area (Å²) in [5.41, 5.74) is 0. The Labute approximate surface area is 59.1 Å². The first kappa shape index (κ1) is 8.36. The van der Waals surface area contributed by atoms with Crippen LogP contribution in [0, 0.1) is 0 Å². The summed E-state index contributed by atoms with van der Waals surface area (Å²) in [6, 6.07) is 0. The summed E-state index contributed by atoms with van der Waals surface area (Å²) < 4.78 is 0. The van der Waals surface area contributed by atoms with E-state index >= 15 is 0 Å². The van der Waals surface area contributed by atoms with Crippen molar-refractivity contribution >= 4 is 23.2 Å². The Bertz CT molecular complexity index is 114. The van der Waals surface area contributed by atoms with Crippen molar-refractivity contribution in [3.8, 4) is 0 Å². The number of aliphatic carboxylic acids is 1. The monoisotopic (exact) mass is 147 g/mol. The third kappa shape index (κ3) is 7.36. The number of carboxylic acids is 1. The Morgan fingerprint density at radius 3 is 2.11 bits per heavy atom. The molecule has 0 radical (unpaired) electrons. The number of nitrogens with one attached hydrogen (secondary N) is 1. The minimum Gasteiger partial charge on any atom is -0.481 e. The molecule has 1 saturated heterocycles. The highest BCUT2D eigenvalue weighted by atomic mass is 32.1. The molecule has 0 saturated carbocycles. The van der Waals surface area contributed by atoms with Gasteiger partial charge in [-0.05, 0) is 0 Å². The van der Waals surface area contributed by atoms with E-state index in [-0.39, 0.29) is 0 Å². The molecular formula is C5H9NO2S. The maximum atomic E-state index is 9.00. The molecule has 0 aliphatic carbocycles. The zero-order chi connectivity index (χ0) is 7.28. The van der Waals surface area contributed by atoms with Crippen LogP contribution in [0.3, 0.4) is 0 Å². The molecule has 1 aliphatic rings. The lowest BCUT2D eigenvalue weighted by molar-refractivity contribution is -0.134. The van der Waals surface area contributed by atoms with Crippen LogP contribution in [0.15, 0.2) is 0 Å². The first-order chi connectivity index (χ1) is 4.13. The summed E-state index contributed by atoms with van der Waals surface area (Å²) in [6.45, 7) is 2.18. The third-order valence-electron chi connectivity index (χ3n) is 0.674. The lowest BCUT2D eigenvalue weighted by atomic mass is 10.3. The van der Waals surface area contributed by atoms with Gasteiger partial charge in [-0.2, -0.15) is 0 Å². The van der Waals surface area contributed by atoms with Crippen LogP contribution in [0.2, 0.25) is 0 Å². The van der Waals surface area contributed by atoms with Crippen LogP contribution in [-0.4, -0.2) is 22.6 Å². The molecule has 0 spiro atoms. The number of carboxylic acid groups (broad SMARTS) is 1. The van der Waals surface area contributed by atoms with Crippen LogP contribution >= 0.6 is 12.2 Å². The van der Waals surface area contributed by atoms with E-state index in [9.17, 15) is 0 Å². The van der Waals surface area contributed by atoms with Crippen molar-refractivity contribution in [3.63, 3.8) is 0 Å². The van der Waals surface area contributed by atoms with Crippen molar-refractivity contribution in [1.29, 1.82) is 0 Å². The van der Waals surface area contributed by atoms with Crippen molar-refractivity contribution in [1.82, 2.24) is 5.32 Å². The lowest BCUT2D eigenvalue weighted by Crippen LogP contribution is -2.35. The maximum Gasteiger partial charge on any atom is 0.300 e. The van der Waals surface area contributed by atoms with Crippen LogP contribution in [0.4, 0.5) is 0 Å². The Balaban J connectivity index is 0.000000148. The van der Waals surface area contributed by atoms with Crippen molar-refractivity contribution in [2.24, 2.45) is 0 Å².